The molecule has 0 amide bonds. The summed E-state index contributed by atoms with van der Waals surface area (Å²) in [6, 6.07) is 6.11. The maximum atomic E-state index is 5.85. The number of hydrogen-bond donors (Lipinski definition) is 1. The Balaban J connectivity index is 2.10. The fourth-order valence-electron chi connectivity index (χ4n) is 1.66. The largest absolute Gasteiger partial charge is 0.486 e. The molecule has 5 heteroatoms. The van der Waals surface area contributed by atoms with Crippen molar-refractivity contribution in [1.29, 1.82) is 0 Å². The highest BCUT2D eigenvalue weighted by Crippen LogP contribution is 2.25. The van der Waals surface area contributed by atoms with Crippen LogP contribution < -0.4 is 10.5 Å². The van der Waals surface area contributed by atoms with Gasteiger partial charge < -0.3 is 10.5 Å². The van der Waals surface area contributed by atoms with Crippen LogP contribution in [0.2, 0.25) is 0 Å². The fraction of sp³-hybridized carbons (Fsp3) is 0.308. The van der Waals surface area contributed by atoms with Crippen LogP contribution in [-0.4, -0.2) is 11.0 Å². The molecule has 0 bridgehead atoms. The first-order chi connectivity index (χ1) is 8.65. The number of nitrogens with zero attached hydrogens (tertiary/aromatic N) is 1. The van der Waals surface area contributed by atoms with E-state index in [2.05, 4.69) is 27.0 Å². The van der Waals surface area contributed by atoms with E-state index in [-0.39, 0.29) is 6.04 Å². The van der Waals surface area contributed by atoms with Crippen LogP contribution in [0.3, 0.4) is 0 Å². The van der Waals surface area contributed by atoms with Gasteiger partial charge in [-0.05, 0) is 37.1 Å². The van der Waals surface area contributed by atoms with Crippen molar-refractivity contribution >= 4 is 27.3 Å². The molecular formula is C13H15BrN2OS. The molecule has 18 heavy (non-hydrogen) atoms. The Bertz CT molecular complexity index is 500. The standard InChI is InChI=1S/C13H15BrN2OS/c1-9(15)6-10-7-11(14)2-3-12(10)17-8-13-16-4-5-18-13/h2-5,7,9H,6,8,15H2,1H3. The predicted octanol–water partition coefficient (Wildman–Crippen LogP) is 3.37. The van der Waals surface area contributed by atoms with Crippen molar-refractivity contribution < 1.29 is 4.74 Å². The molecular weight excluding hydrogens is 312 g/mol. The topological polar surface area (TPSA) is 48.1 Å². The lowest BCUT2D eigenvalue weighted by Crippen LogP contribution is -2.18. The van der Waals surface area contributed by atoms with Crippen LogP contribution in [-0.2, 0) is 13.0 Å². The van der Waals surface area contributed by atoms with Gasteiger partial charge in [0.2, 0.25) is 0 Å². The van der Waals surface area contributed by atoms with Crippen LogP contribution in [0, 0.1) is 0 Å². The molecule has 0 aliphatic carbocycles. The van der Waals surface area contributed by atoms with E-state index in [4.69, 9.17) is 10.5 Å². The molecule has 1 unspecified atom stereocenters. The second-order valence-corrected chi connectivity index (χ2v) is 6.04. The Morgan fingerprint density at radius 3 is 3.00 bits per heavy atom. The lowest BCUT2D eigenvalue weighted by molar-refractivity contribution is 0.301. The van der Waals surface area contributed by atoms with Gasteiger partial charge in [-0.3, -0.25) is 0 Å². The van der Waals surface area contributed by atoms with Gasteiger partial charge in [-0.25, -0.2) is 4.98 Å². The zero-order valence-electron chi connectivity index (χ0n) is 10.1. The van der Waals surface area contributed by atoms with E-state index < -0.39 is 0 Å². The second kappa shape index (κ2) is 6.31. The smallest absolute Gasteiger partial charge is 0.140 e. The zero-order chi connectivity index (χ0) is 13.0. The maximum absolute atomic E-state index is 5.85. The van der Waals surface area contributed by atoms with E-state index in [9.17, 15) is 0 Å². The SMILES string of the molecule is CC(N)Cc1cc(Br)ccc1OCc1nccs1. The summed E-state index contributed by atoms with van der Waals surface area (Å²) in [6.07, 6.45) is 2.58. The van der Waals surface area contributed by atoms with Crippen molar-refractivity contribution in [3.8, 4) is 5.75 Å². The van der Waals surface area contributed by atoms with Gasteiger partial charge in [-0.2, -0.15) is 0 Å². The molecule has 96 valence electrons. The van der Waals surface area contributed by atoms with Crippen LogP contribution in [0.4, 0.5) is 0 Å². The third-order valence-electron chi connectivity index (χ3n) is 2.40. The van der Waals surface area contributed by atoms with E-state index in [1.165, 1.54) is 0 Å². The number of ether oxygens (including phenoxy) is 1. The minimum absolute atomic E-state index is 0.113. The van der Waals surface area contributed by atoms with Gasteiger partial charge in [-0.1, -0.05) is 15.9 Å². The number of halogens is 1. The summed E-state index contributed by atoms with van der Waals surface area (Å²) in [7, 11) is 0. The normalized spacial score (nSPS) is 12.4. The Hall–Kier alpha value is -0.910. The Labute approximate surface area is 119 Å². The maximum Gasteiger partial charge on any atom is 0.140 e. The molecule has 0 saturated carbocycles. The van der Waals surface area contributed by atoms with Crippen molar-refractivity contribution in [3.05, 3.63) is 44.8 Å². The molecule has 0 saturated heterocycles. The molecule has 1 aromatic carbocycles. The molecule has 2 N–H and O–H groups in total. The number of aromatic nitrogens is 1. The lowest BCUT2D eigenvalue weighted by Gasteiger charge is -2.12. The van der Waals surface area contributed by atoms with Gasteiger partial charge in [0.15, 0.2) is 0 Å². The van der Waals surface area contributed by atoms with E-state index in [1.807, 2.05) is 24.4 Å². The number of benzene rings is 1. The Morgan fingerprint density at radius 1 is 1.50 bits per heavy atom. The number of thiazole rings is 1. The number of hydrogen-bond acceptors (Lipinski definition) is 4. The van der Waals surface area contributed by atoms with Crippen LogP contribution in [0.25, 0.3) is 0 Å². The third kappa shape index (κ3) is 3.80. The first-order valence-electron chi connectivity index (χ1n) is 5.70. The highest BCUT2D eigenvalue weighted by Gasteiger charge is 2.08. The fourth-order valence-corrected chi connectivity index (χ4v) is 2.59. The molecule has 2 rings (SSSR count). The number of rotatable bonds is 5. The molecule has 0 aliphatic rings. The molecule has 3 nitrogen and oxygen atoms in total. The van der Waals surface area contributed by atoms with Gasteiger partial charge in [0.05, 0.1) is 0 Å². The second-order valence-electron chi connectivity index (χ2n) is 4.15. The predicted molar refractivity (Wildman–Crippen MR) is 77.9 cm³/mol. The summed E-state index contributed by atoms with van der Waals surface area (Å²) in [6.45, 7) is 2.50. The van der Waals surface area contributed by atoms with Crippen molar-refractivity contribution in [3.63, 3.8) is 0 Å². The van der Waals surface area contributed by atoms with Crippen LogP contribution >= 0.6 is 27.3 Å². The molecule has 0 fully saturated rings. The third-order valence-corrected chi connectivity index (χ3v) is 3.65. The first-order valence-corrected chi connectivity index (χ1v) is 7.37. The molecule has 0 radical (unpaired) electrons. The van der Waals surface area contributed by atoms with E-state index in [1.54, 1.807) is 17.5 Å². The van der Waals surface area contributed by atoms with Crippen molar-refractivity contribution in [2.45, 2.75) is 26.0 Å². The first kappa shape index (κ1) is 13.5. The van der Waals surface area contributed by atoms with Gasteiger partial charge in [0.1, 0.15) is 17.4 Å². The van der Waals surface area contributed by atoms with Gasteiger partial charge >= 0.3 is 0 Å². The molecule has 0 aliphatic heterocycles. The van der Waals surface area contributed by atoms with E-state index in [0.717, 1.165) is 27.2 Å². The molecule has 2 aromatic rings. The van der Waals surface area contributed by atoms with Crippen molar-refractivity contribution in [2.24, 2.45) is 5.73 Å². The number of nitrogens with two attached hydrogens (primary N) is 1. The van der Waals surface area contributed by atoms with Crippen molar-refractivity contribution in [1.82, 2.24) is 4.98 Å². The molecule has 1 atom stereocenters. The molecule has 1 heterocycles. The lowest BCUT2D eigenvalue weighted by atomic mass is 10.1. The summed E-state index contributed by atoms with van der Waals surface area (Å²) < 4.78 is 6.85. The average Bonchev–Trinajstić information content (AvgIpc) is 2.80. The van der Waals surface area contributed by atoms with Crippen LogP contribution in [0.5, 0.6) is 5.75 Å². The average molecular weight is 327 g/mol. The van der Waals surface area contributed by atoms with Gasteiger partial charge in [0.25, 0.3) is 0 Å². The summed E-state index contributed by atoms with van der Waals surface area (Å²) in [4.78, 5) is 4.20. The van der Waals surface area contributed by atoms with E-state index >= 15 is 0 Å². The van der Waals surface area contributed by atoms with E-state index in [0.29, 0.717) is 6.61 Å². The minimum Gasteiger partial charge on any atom is -0.486 e. The summed E-state index contributed by atoms with van der Waals surface area (Å²) in [5, 5.41) is 2.92. The highest BCUT2D eigenvalue weighted by molar-refractivity contribution is 9.10. The van der Waals surface area contributed by atoms with Crippen LogP contribution in [0.15, 0.2) is 34.2 Å². The minimum atomic E-state index is 0.113. The summed E-state index contributed by atoms with van der Waals surface area (Å²) in [5.74, 6) is 0.880. The Morgan fingerprint density at radius 2 is 2.33 bits per heavy atom. The highest BCUT2D eigenvalue weighted by atomic mass is 79.9. The zero-order valence-corrected chi connectivity index (χ0v) is 12.5. The molecule has 1 aromatic heterocycles. The summed E-state index contributed by atoms with van der Waals surface area (Å²) in [5.41, 5.74) is 6.97. The van der Waals surface area contributed by atoms with Gasteiger partial charge in [-0.15, -0.1) is 11.3 Å². The monoisotopic (exact) mass is 326 g/mol. The Kier molecular flexibility index (Phi) is 4.74. The van der Waals surface area contributed by atoms with Gasteiger partial charge in [0, 0.05) is 22.1 Å². The van der Waals surface area contributed by atoms with Crippen LogP contribution in [0.1, 0.15) is 17.5 Å². The summed E-state index contributed by atoms with van der Waals surface area (Å²) >= 11 is 5.06. The molecule has 0 spiro atoms. The van der Waals surface area contributed by atoms with Crippen molar-refractivity contribution in [2.75, 3.05) is 0 Å². The quantitative estimate of drug-likeness (QED) is 0.916.